The number of nitrogens with zero attached hydrogens (tertiary/aromatic N) is 1. The zero-order valence-electron chi connectivity index (χ0n) is 10.6. The highest BCUT2D eigenvalue weighted by Crippen LogP contribution is 2.37. The summed E-state index contributed by atoms with van der Waals surface area (Å²) >= 11 is 0. The summed E-state index contributed by atoms with van der Waals surface area (Å²) in [5.41, 5.74) is -0.0267. The van der Waals surface area contributed by atoms with Gasteiger partial charge in [0.15, 0.2) is 11.5 Å². The lowest BCUT2D eigenvalue weighted by molar-refractivity contribution is -0.385. The van der Waals surface area contributed by atoms with Gasteiger partial charge >= 0.3 is 0 Å². The highest BCUT2D eigenvalue weighted by atomic mass is 19.1. The monoisotopic (exact) mass is 294 g/mol. The van der Waals surface area contributed by atoms with Crippen LogP contribution in [-0.2, 0) is 6.54 Å². The van der Waals surface area contributed by atoms with E-state index >= 15 is 0 Å². The molecule has 21 heavy (non-hydrogen) atoms. The molecule has 0 unspecified atom stereocenters. The maximum atomic E-state index is 13.2. The number of nitrogens with one attached hydrogen (secondary N) is 1. The molecular formula is C13H11FN2O5. The Kier molecular flexibility index (Phi) is 3.79. The van der Waals surface area contributed by atoms with E-state index in [4.69, 9.17) is 0 Å². The number of rotatable bonds is 4. The van der Waals surface area contributed by atoms with Gasteiger partial charge in [0, 0.05) is 23.9 Å². The van der Waals surface area contributed by atoms with Gasteiger partial charge in [0.2, 0.25) is 5.75 Å². The molecule has 2 aromatic rings. The first-order valence-electron chi connectivity index (χ1n) is 5.80. The molecule has 0 fully saturated rings. The van der Waals surface area contributed by atoms with Crippen molar-refractivity contribution in [1.29, 1.82) is 0 Å². The smallest absolute Gasteiger partial charge is 0.274 e. The van der Waals surface area contributed by atoms with Crippen LogP contribution in [0, 0.1) is 15.9 Å². The minimum Gasteiger partial charge on any atom is -0.504 e. The fraction of sp³-hybridized carbons (Fsp3) is 0.0769. The molecule has 0 aromatic heterocycles. The largest absolute Gasteiger partial charge is 0.504 e. The van der Waals surface area contributed by atoms with Crippen LogP contribution in [0.2, 0.25) is 0 Å². The lowest BCUT2D eigenvalue weighted by atomic mass is 10.1. The quantitative estimate of drug-likeness (QED) is 0.391. The Balaban J connectivity index is 2.21. The van der Waals surface area contributed by atoms with E-state index in [1.54, 1.807) is 0 Å². The maximum absolute atomic E-state index is 13.2. The Labute approximate surface area is 118 Å². The number of halogens is 1. The van der Waals surface area contributed by atoms with Gasteiger partial charge in [-0.3, -0.25) is 10.1 Å². The molecule has 0 aliphatic heterocycles. The van der Waals surface area contributed by atoms with Crippen LogP contribution >= 0.6 is 0 Å². The molecule has 8 heteroatoms. The van der Waals surface area contributed by atoms with Gasteiger partial charge in [0.05, 0.1) is 11.0 Å². The molecule has 0 saturated heterocycles. The zero-order chi connectivity index (χ0) is 15.6. The van der Waals surface area contributed by atoms with Crippen LogP contribution in [0.5, 0.6) is 17.2 Å². The molecule has 2 rings (SSSR count). The molecule has 110 valence electrons. The van der Waals surface area contributed by atoms with Gasteiger partial charge in [-0.05, 0) is 18.2 Å². The van der Waals surface area contributed by atoms with Crippen molar-refractivity contribution in [1.82, 2.24) is 0 Å². The number of nitro groups is 1. The summed E-state index contributed by atoms with van der Waals surface area (Å²) in [5, 5.41) is 41.5. The average molecular weight is 294 g/mol. The standard InChI is InChI=1S/C13H11FN2O5/c14-8-3-9(5-10(4-8)16(20)21)15-6-7-1-2-11(17)13(19)12(7)18/h1-5,15,17-19H,6H2. The Hall–Kier alpha value is -3.03. The summed E-state index contributed by atoms with van der Waals surface area (Å²) in [7, 11) is 0. The van der Waals surface area contributed by atoms with Crippen molar-refractivity contribution in [2.45, 2.75) is 6.54 Å². The normalized spacial score (nSPS) is 10.3. The number of nitro benzene ring substituents is 1. The molecule has 4 N–H and O–H groups in total. The van der Waals surface area contributed by atoms with Gasteiger partial charge in [-0.25, -0.2) is 4.39 Å². The van der Waals surface area contributed by atoms with E-state index in [9.17, 15) is 29.8 Å². The molecule has 0 amide bonds. The number of hydrogen-bond donors (Lipinski definition) is 4. The van der Waals surface area contributed by atoms with E-state index in [0.29, 0.717) is 0 Å². The summed E-state index contributed by atoms with van der Waals surface area (Å²) in [4.78, 5) is 9.90. The average Bonchev–Trinajstić information content (AvgIpc) is 2.43. The van der Waals surface area contributed by atoms with E-state index in [-0.39, 0.29) is 17.8 Å². The fourth-order valence-corrected chi connectivity index (χ4v) is 1.73. The molecule has 0 saturated carbocycles. The maximum Gasteiger partial charge on any atom is 0.274 e. The number of benzene rings is 2. The molecule has 0 aliphatic rings. The summed E-state index contributed by atoms with van der Waals surface area (Å²) in [6, 6.07) is 5.52. The summed E-state index contributed by atoms with van der Waals surface area (Å²) in [6.45, 7) is -0.0275. The van der Waals surface area contributed by atoms with Crippen molar-refractivity contribution in [2.75, 3.05) is 5.32 Å². The van der Waals surface area contributed by atoms with Gasteiger partial charge in [-0.1, -0.05) is 0 Å². The van der Waals surface area contributed by atoms with Crippen molar-refractivity contribution in [3.8, 4) is 17.2 Å². The molecule has 7 nitrogen and oxygen atoms in total. The van der Waals surface area contributed by atoms with Crippen LogP contribution in [0.3, 0.4) is 0 Å². The predicted octanol–water partition coefficient (Wildman–Crippen LogP) is 2.46. The SMILES string of the molecule is O=[N+]([O-])c1cc(F)cc(NCc2ccc(O)c(O)c2O)c1. The van der Waals surface area contributed by atoms with Crippen LogP contribution in [0.25, 0.3) is 0 Å². The Morgan fingerprint density at radius 3 is 2.52 bits per heavy atom. The van der Waals surface area contributed by atoms with E-state index in [2.05, 4.69) is 5.32 Å². The fourth-order valence-electron chi connectivity index (χ4n) is 1.73. The Morgan fingerprint density at radius 1 is 1.14 bits per heavy atom. The number of hydrogen-bond acceptors (Lipinski definition) is 6. The van der Waals surface area contributed by atoms with Crippen LogP contribution < -0.4 is 5.32 Å². The number of non-ortho nitro benzene ring substituents is 1. The van der Waals surface area contributed by atoms with Gasteiger partial charge in [-0.2, -0.15) is 0 Å². The van der Waals surface area contributed by atoms with Gasteiger partial charge < -0.3 is 20.6 Å². The highest BCUT2D eigenvalue weighted by molar-refractivity contribution is 5.56. The van der Waals surface area contributed by atoms with Crippen molar-refractivity contribution in [3.05, 3.63) is 51.8 Å². The lowest BCUT2D eigenvalue weighted by Gasteiger charge is -2.10. The third-order valence-electron chi connectivity index (χ3n) is 2.79. The number of phenolic OH excluding ortho intramolecular Hbond substituents is 3. The van der Waals surface area contributed by atoms with Gasteiger partial charge in [0.1, 0.15) is 5.82 Å². The van der Waals surface area contributed by atoms with Crippen LogP contribution in [0.15, 0.2) is 30.3 Å². The lowest BCUT2D eigenvalue weighted by Crippen LogP contribution is -2.01. The van der Waals surface area contributed by atoms with Crippen LogP contribution in [0.4, 0.5) is 15.8 Å². The minimum atomic E-state index is -0.774. The molecule has 0 heterocycles. The molecule has 0 radical (unpaired) electrons. The van der Waals surface area contributed by atoms with Gasteiger partial charge in [0.25, 0.3) is 5.69 Å². The molecule has 2 aromatic carbocycles. The molecule has 0 atom stereocenters. The minimum absolute atomic E-state index is 0.0275. The Morgan fingerprint density at radius 2 is 1.86 bits per heavy atom. The van der Waals surface area contributed by atoms with Crippen molar-refractivity contribution < 1.29 is 24.6 Å². The first kappa shape index (κ1) is 14.4. The second kappa shape index (κ2) is 5.53. The van der Waals surface area contributed by atoms with E-state index in [1.165, 1.54) is 12.1 Å². The second-order valence-corrected chi connectivity index (χ2v) is 4.25. The van der Waals surface area contributed by atoms with Crippen molar-refractivity contribution in [2.24, 2.45) is 0 Å². The number of phenols is 3. The van der Waals surface area contributed by atoms with Crippen molar-refractivity contribution >= 4 is 11.4 Å². The van der Waals surface area contributed by atoms with Gasteiger partial charge in [-0.15, -0.1) is 0 Å². The number of anilines is 1. The van der Waals surface area contributed by atoms with E-state index in [1.807, 2.05) is 0 Å². The number of aromatic hydroxyl groups is 3. The van der Waals surface area contributed by atoms with E-state index < -0.39 is 33.7 Å². The Bertz CT molecular complexity index is 705. The topological polar surface area (TPSA) is 116 Å². The van der Waals surface area contributed by atoms with E-state index in [0.717, 1.165) is 18.2 Å². The molecule has 0 bridgehead atoms. The summed E-state index contributed by atoms with van der Waals surface area (Å²) in [6.07, 6.45) is 0. The first-order chi connectivity index (χ1) is 9.88. The second-order valence-electron chi connectivity index (χ2n) is 4.25. The van der Waals surface area contributed by atoms with Crippen LogP contribution in [-0.4, -0.2) is 20.2 Å². The molecule has 0 spiro atoms. The van der Waals surface area contributed by atoms with Crippen molar-refractivity contribution in [3.63, 3.8) is 0 Å². The predicted molar refractivity (Wildman–Crippen MR) is 71.8 cm³/mol. The summed E-state index contributed by atoms with van der Waals surface area (Å²) in [5.74, 6) is -2.44. The first-order valence-corrected chi connectivity index (χ1v) is 5.80. The zero-order valence-corrected chi connectivity index (χ0v) is 10.6. The third kappa shape index (κ3) is 3.11. The van der Waals surface area contributed by atoms with Crippen LogP contribution in [0.1, 0.15) is 5.56 Å². The third-order valence-corrected chi connectivity index (χ3v) is 2.79. The molecular weight excluding hydrogens is 283 g/mol. The highest BCUT2D eigenvalue weighted by Gasteiger charge is 2.12. The summed E-state index contributed by atoms with van der Waals surface area (Å²) < 4.78 is 13.2. The molecule has 0 aliphatic carbocycles.